The van der Waals surface area contributed by atoms with Gasteiger partial charge in [-0.2, -0.15) is 0 Å². The van der Waals surface area contributed by atoms with E-state index in [0.29, 0.717) is 0 Å². The van der Waals surface area contributed by atoms with Crippen molar-refractivity contribution in [3.63, 3.8) is 0 Å². The van der Waals surface area contributed by atoms with Crippen LogP contribution in [0.5, 0.6) is 34.5 Å². The smallest absolute Gasteiger partial charge is 0.523 e. The van der Waals surface area contributed by atoms with Gasteiger partial charge in [-0.15, -0.1) is 0 Å². The number of benzene rings is 3. The Bertz CT molecular complexity index is 4480. The maximum absolute atomic E-state index is 6.20. The van der Waals surface area contributed by atoms with Crippen molar-refractivity contribution in [2.45, 2.75) is 453 Å². The predicted molar refractivity (Wildman–Crippen MR) is 489 cm³/mol. The molecule has 18 aliphatic heterocycles. The van der Waals surface area contributed by atoms with Gasteiger partial charge in [-0.05, 0) is 241 Å². The molecule has 18 heterocycles. The lowest BCUT2D eigenvalue weighted by molar-refractivity contribution is -0.232. The molecule has 3 aromatic rings. The van der Waals surface area contributed by atoms with Crippen molar-refractivity contribution in [3.8, 4) is 34.5 Å². The molecule has 27 rings (SSSR count). The fourth-order valence-electron chi connectivity index (χ4n) is 24.2. The van der Waals surface area contributed by atoms with E-state index in [1.165, 1.54) is 0 Å². The van der Waals surface area contributed by atoms with Crippen LogP contribution in [0, 0.1) is 0 Å². The van der Waals surface area contributed by atoms with E-state index >= 15 is 0 Å². The molecule has 21 fully saturated rings. The van der Waals surface area contributed by atoms with Crippen molar-refractivity contribution in [2.75, 3.05) is 42.7 Å². The molecule has 138 heavy (non-hydrogen) atoms. The second kappa shape index (κ2) is 32.6. The fraction of sp³-hybridized carbons (Fsp3) is 0.812. The van der Waals surface area contributed by atoms with Gasteiger partial charge in [0.15, 0.2) is 72.5 Å². The lowest BCUT2D eigenvalue weighted by Gasteiger charge is -2.32. The highest BCUT2D eigenvalue weighted by Crippen LogP contribution is 2.73. The van der Waals surface area contributed by atoms with Crippen LogP contribution < -0.4 is 27.9 Å². The van der Waals surface area contributed by atoms with E-state index in [-0.39, 0.29) is 184 Å². The van der Waals surface area contributed by atoms with Gasteiger partial charge in [-0.3, -0.25) is 0 Å². The highest BCUT2D eigenvalue weighted by Gasteiger charge is 2.86. The molecule has 15 saturated heterocycles. The summed E-state index contributed by atoms with van der Waals surface area (Å²) in [5.41, 5.74) is -4.69. The van der Waals surface area contributed by atoms with Gasteiger partial charge in [0, 0.05) is 60.1 Å². The van der Waals surface area contributed by atoms with Crippen molar-refractivity contribution in [2.24, 2.45) is 0 Å². The third-order valence-corrected chi connectivity index (χ3v) is 33.5. The van der Waals surface area contributed by atoms with Gasteiger partial charge in [-0.25, -0.2) is 0 Å². The van der Waals surface area contributed by atoms with Crippen LogP contribution >= 0.6 is 0 Å². The largest absolute Gasteiger partial charge is 0.601 e. The topological polar surface area (TPSA) is 332 Å². The number of hydrogen-bond donors (Lipinski definition) is 0. The first-order valence-corrected chi connectivity index (χ1v) is 49.3. The van der Waals surface area contributed by atoms with Crippen LogP contribution in [0.2, 0.25) is 34.9 Å². The van der Waals surface area contributed by atoms with Crippen LogP contribution in [0.25, 0.3) is 0 Å². The Labute approximate surface area is 810 Å². The van der Waals surface area contributed by atoms with Crippen LogP contribution in [0.15, 0.2) is 72.8 Å². The van der Waals surface area contributed by atoms with Gasteiger partial charge in [0.2, 0.25) is 0 Å². The Balaban J connectivity index is 0.0000000956. The molecule has 6 spiro atoms. The standard InChI is InChI=1S/3C16H19BO6.3C16H27BO6/c3*1-15(2)19-12-13(20-15)16(21-14(12)18-3)8-11(16)17-22-9-6-4-5-7-10(9)23-17;3*1-13(2)14(3,4)23-17(22-13)9-8-16(9)11-10(12(18-7)21-16)19-15(5,6)20-11/h3*4-7,11-14H,8H2,1-3H3;3*9-12H,8H2,1-7H3/t11?,12-,13?,14+,16-;11-,12-,13?,14+,16+;11-,12-,13?,14+,16-;9-,10+,11?,12-,16-;9-,10-,11?,12+,16+;9-,10-,11?,12+,16-/m000100/s1. The maximum Gasteiger partial charge on any atom is 0.601 e. The first kappa shape index (κ1) is 98.3. The summed E-state index contributed by atoms with van der Waals surface area (Å²) in [7, 11) is 7.89. The Morgan fingerprint density at radius 1 is 0.196 bits per heavy atom. The van der Waals surface area contributed by atoms with Crippen molar-refractivity contribution < 1.29 is 170 Å². The van der Waals surface area contributed by atoms with E-state index < -0.39 is 106 Å². The zero-order chi connectivity index (χ0) is 98.0. The molecule has 3 aromatic carbocycles. The van der Waals surface area contributed by atoms with Crippen molar-refractivity contribution in [1.82, 2.24) is 0 Å². The number of methoxy groups -OCH3 is 6. The van der Waals surface area contributed by atoms with Gasteiger partial charge in [-0.1, -0.05) is 36.4 Å². The van der Waals surface area contributed by atoms with E-state index in [1.54, 1.807) is 42.7 Å². The molecule has 0 radical (unpaired) electrons. The summed E-state index contributed by atoms with van der Waals surface area (Å²) in [6.45, 7) is 47.9. The van der Waals surface area contributed by atoms with Gasteiger partial charge >= 0.3 is 42.7 Å². The first-order chi connectivity index (χ1) is 64.6. The highest BCUT2D eigenvalue weighted by molar-refractivity contribution is 6.53. The molecule has 24 aliphatic rings. The van der Waals surface area contributed by atoms with Gasteiger partial charge in [0.05, 0.1) is 51.1 Å². The predicted octanol–water partition coefficient (Wildman–Crippen LogP) is 12.3. The number of para-hydroxylation sites is 6. The molecule has 7 unspecified atom stereocenters. The Morgan fingerprint density at radius 3 is 0.471 bits per heavy atom. The third-order valence-electron chi connectivity index (χ3n) is 33.5. The molecule has 0 N–H and O–H groups in total. The Kier molecular flexibility index (Phi) is 23.2. The average Bonchev–Trinajstić information content (AvgIpc) is 1.45. The summed E-state index contributed by atoms with van der Waals surface area (Å²) in [6, 6.07) is 23.1. The second-order valence-corrected chi connectivity index (χ2v) is 47.1. The summed E-state index contributed by atoms with van der Waals surface area (Å²) in [5.74, 6) is 1.62. The number of ether oxygens (including phenoxy) is 24. The van der Waals surface area contributed by atoms with E-state index in [1.807, 2.05) is 156 Å². The first-order valence-electron chi connectivity index (χ1n) is 49.3. The minimum Gasteiger partial charge on any atom is -0.523 e. The fourth-order valence-corrected chi connectivity index (χ4v) is 24.2. The number of rotatable bonds is 12. The molecular weight excluding hydrogens is 1790 g/mol. The number of hydrogen-bond acceptors (Lipinski definition) is 36. The molecule has 0 amide bonds. The Morgan fingerprint density at radius 2 is 0.333 bits per heavy atom. The van der Waals surface area contributed by atoms with Gasteiger partial charge in [0.25, 0.3) is 0 Å². The lowest BCUT2D eigenvalue weighted by atomic mass is 9.78. The molecule has 36 nitrogen and oxygen atoms in total. The SMILES string of the molecule is CO[C@@H]1O[C@@]2(C[C@@H]2B2OC(C)(C)C(C)(C)O2)C2OC(C)(C)O[C@@H]21.CO[C@@H]1O[C@@]2(C[C@@H]2B2Oc3ccccc3O2)C2OC(C)(C)O[C@@H]21.CO[C@@H]1O[C@@]2(C[C@H]2B2OC(C)(C)C(C)(C)O2)C2OC(C)(C)O[C@@H]21.CO[C@@H]1O[C@]2(CC2B2Oc3ccccc3O2)C2OC(C)(C)O[C@@H]21.CO[C@@H]1O[C@]2(C[C@@H]2B2OC(C)(C)C(C)(C)O2)C2OC(C)(C)O[C@@H]21.CO[C@@H]1O[C@]2(C[C@@H]2B2Oc3ccccc3O2)C2OC(C)(C)O[C@@H]21. The molecule has 6 aliphatic carbocycles. The minimum atomic E-state index is -0.629. The van der Waals surface area contributed by atoms with E-state index in [4.69, 9.17) is 170 Å². The molecule has 42 heteroatoms. The average molecular weight is 1930 g/mol. The summed E-state index contributed by atoms with van der Waals surface area (Å²) < 4.78 is 215. The van der Waals surface area contributed by atoms with Crippen LogP contribution in [-0.4, -0.2) is 298 Å². The zero-order valence-electron chi connectivity index (χ0n) is 85.2. The van der Waals surface area contributed by atoms with Crippen LogP contribution in [0.4, 0.5) is 0 Å². The molecule has 6 saturated carbocycles. The molecule has 0 bridgehead atoms. The highest BCUT2D eigenvalue weighted by atomic mass is 16.9. The van der Waals surface area contributed by atoms with Crippen molar-refractivity contribution >= 4 is 42.7 Å². The minimum absolute atomic E-state index is 0.0973. The lowest BCUT2D eigenvalue weighted by Crippen LogP contribution is -2.41. The monoisotopic (exact) mass is 1930 g/mol. The molecular formula is C96H138B6O36. The normalized spacial score (nSPS) is 45.6. The van der Waals surface area contributed by atoms with E-state index in [0.717, 1.165) is 73.0 Å². The van der Waals surface area contributed by atoms with Crippen molar-refractivity contribution in [1.29, 1.82) is 0 Å². The quantitative estimate of drug-likeness (QED) is 0.152. The number of fused-ring (bicyclic) bond motifs is 15. The third kappa shape index (κ3) is 16.1. The second-order valence-electron chi connectivity index (χ2n) is 47.1. The van der Waals surface area contributed by atoms with Crippen LogP contribution in [-0.2, 0) is 142 Å². The van der Waals surface area contributed by atoms with Gasteiger partial charge < -0.3 is 170 Å². The molecule has 756 valence electrons. The zero-order valence-corrected chi connectivity index (χ0v) is 85.2. The maximum atomic E-state index is 6.20. The van der Waals surface area contributed by atoms with Gasteiger partial charge in [0.1, 0.15) is 141 Å². The van der Waals surface area contributed by atoms with E-state index in [9.17, 15) is 0 Å². The van der Waals surface area contributed by atoms with E-state index in [2.05, 4.69) is 83.1 Å². The van der Waals surface area contributed by atoms with Crippen molar-refractivity contribution in [3.05, 3.63) is 72.8 Å². The summed E-state index contributed by atoms with van der Waals surface area (Å²) in [6.07, 6.45) is 0.255. The summed E-state index contributed by atoms with van der Waals surface area (Å²) >= 11 is 0. The van der Waals surface area contributed by atoms with Crippen LogP contribution in [0.3, 0.4) is 0 Å². The summed E-state index contributed by atoms with van der Waals surface area (Å²) in [4.78, 5) is 0. The Hall–Kier alpha value is -4.35. The van der Waals surface area contributed by atoms with Crippen LogP contribution in [0.1, 0.15) is 205 Å². The molecule has 0 aromatic heterocycles. The summed E-state index contributed by atoms with van der Waals surface area (Å²) in [5, 5.41) is 0. The molecule has 30 atom stereocenters.